The molecule has 0 aliphatic rings. The third-order valence-corrected chi connectivity index (χ3v) is 4.67. The van der Waals surface area contributed by atoms with Crippen LogP contribution in [0.25, 0.3) is 11.1 Å². The fourth-order valence-electron chi connectivity index (χ4n) is 2.13. The van der Waals surface area contributed by atoms with E-state index >= 15 is 0 Å². The van der Waals surface area contributed by atoms with Crippen molar-refractivity contribution >= 4 is 16.7 Å². The lowest BCUT2D eigenvalue weighted by molar-refractivity contribution is 0.402. The predicted octanol–water partition coefficient (Wildman–Crippen LogP) is 3.37. The molecule has 2 rings (SSSR count). The van der Waals surface area contributed by atoms with Crippen molar-refractivity contribution in [2.45, 2.75) is 4.90 Å². The average Bonchev–Trinajstić information content (AvgIpc) is 2.61. The van der Waals surface area contributed by atoms with E-state index in [0.717, 1.165) is 11.1 Å². The molecule has 6 heteroatoms. The predicted molar refractivity (Wildman–Crippen MR) is 96.6 cm³/mol. The second-order valence-corrected chi connectivity index (χ2v) is 6.46. The molecule has 124 valence electrons. The molecule has 24 heavy (non-hydrogen) atoms. The van der Waals surface area contributed by atoms with Gasteiger partial charge in [0.15, 0.2) is 0 Å². The summed E-state index contributed by atoms with van der Waals surface area (Å²) in [7, 11) is -2.45. The molecule has 0 saturated heterocycles. The van der Waals surface area contributed by atoms with E-state index < -0.39 is 10.0 Å². The largest absolute Gasteiger partial charge is 0.495 e. The Bertz CT molecular complexity index is 872. The van der Waals surface area contributed by atoms with Gasteiger partial charge in [-0.2, -0.15) is 0 Å². The highest BCUT2D eigenvalue weighted by Gasteiger charge is 2.21. The highest BCUT2D eigenvalue weighted by Crippen LogP contribution is 2.30. The fourth-order valence-corrected chi connectivity index (χ4v) is 3.38. The van der Waals surface area contributed by atoms with Gasteiger partial charge < -0.3 is 4.74 Å². The zero-order valence-corrected chi connectivity index (χ0v) is 14.1. The third kappa shape index (κ3) is 3.91. The van der Waals surface area contributed by atoms with Crippen LogP contribution in [0.4, 0.5) is 0 Å². The molecule has 0 amide bonds. The summed E-state index contributed by atoms with van der Waals surface area (Å²) in [5.41, 5.74) is 1.89. The molecule has 0 bridgehead atoms. The quantitative estimate of drug-likeness (QED) is 0.620. The maximum Gasteiger partial charge on any atom is 0.265 e. The second-order valence-electron chi connectivity index (χ2n) is 4.81. The zero-order chi connectivity index (χ0) is 17.6. The minimum absolute atomic E-state index is 0.0307. The first-order chi connectivity index (χ1) is 11.5. The lowest BCUT2D eigenvalue weighted by Gasteiger charge is -2.13. The number of hydrogen-bond donors (Lipinski definition) is 1. The molecular weight excluding hydrogens is 324 g/mol. The number of benzene rings is 2. The van der Waals surface area contributed by atoms with Gasteiger partial charge in [0.1, 0.15) is 10.6 Å². The normalized spacial score (nSPS) is 11.6. The number of hydrogen-bond acceptors (Lipinski definition) is 4. The third-order valence-electron chi connectivity index (χ3n) is 3.26. The molecule has 1 N–H and O–H groups in total. The lowest BCUT2D eigenvalue weighted by Crippen LogP contribution is -2.23. The standard InChI is InChI=1S/C18H18N2O3S/c1-4-16(13-19-2)20-24(21,22)18-12-15(10-11-17(18)23-3)14-8-6-5-7-9-14/h4-13,20H,1-2H2,3H3/b16-13+. The Kier molecular flexibility index (Phi) is 5.55. The van der Waals surface area contributed by atoms with Crippen LogP contribution in [-0.4, -0.2) is 22.2 Å². The molecule has 0 saturated carbocycles. The molecule has 0 aliphatic carbocycles. The molecule has 2 aromatic carbocycles. The van der Waals surface area contributed by atoms with E-state index in [-0.39, 0.29) is 16.3 Å². The van der Waals surface area contributed by atoms with Crippen molar-refractivity contribution in [3.63, 3.8) is 0 Å². The van der Waals surface area contributed by atoms with Gasteiger partial charge in [-0.1, -0.05) is 43.0 Å². The minimum atomic E-state index is -3.87. The number of aliphatic imine (C=N–C) groups is 1. The van der Waals surface area contributed by atoms with Crippen LogP contribution in [-0.2, 0) is 10.0 Å². The van der Waals surface area contributed by atoms with Crippen molar-refractivity contribution < 1.29 is 13.2 Å². The van der Waals surface area contributed by atoms with Crippen LogP contribution < -0.4 is 9.46 Å². The first-order valence-corrected chi connectivity index (χ1v) is 8.55. The molecule has 0 atom stereocenters. The fraction of sp³-hybridized carbons (Fsp3) is 0.0556. The Morgan fingerprint density at radius 3 is 2.46 bits per heavy atom. The first kappa shape index (κ1) is 17.5. The van der Waals surface area contributed by atoms with Gasteiger partial charge in [0.2, 0.25) is 0 Å². The summed E-state index contributed by atoms with van der Waals surface area (Å²) in [6, 6.07) is 14.5. The molecule has 0 radical (unpaired) electrons. The highest BCUT2D eigenvalue weighted by atomic mass is 32.2. The van der Waals surface area contributed by atoms with Crippen LogP contribution in [0.3, 0.4) is 0 Å². The van der Waals surface area contributed by atoms with Crippen LogP contribution >= 0.6 is 0 Å². The van der Waals surface area contributed by atoms with Crippen molar-refractivity contribution in [3.05, 3.63) is 73.1 Å². The zero-order valence-electron chi connectivity index (χ0n) is 13.3. The van der Waals surface area contributed by atoms with Crippen molar-refractivity contribution in [1.29, 1.82) is 0 Å². The van der Waals surface area contributed by atoms with Gasteiger partial charge in [-0.25, -0.2) is 8.42 Å². The number of allylic oxidation sites excluding steroid dienone is 1. The summed E-state index contributed by atoms with van der Waals surface area (Å²) in [6.45, 7) is 6.86. The average molecular weight is 342 g/mol. The van der Waals surface area contributed by atoms with Crippen molar-refractivity contribution in [3.8, 4) is 16.9 Å². The molecule has 2 aromatic rings. The van der Waals surface area contributed by atoms with Crippen LogP contribution in [0, 0.1) is 0 Å². The summed E-state index contributed by atoms with van der Waals surface area (Å²) in [6.07, 6.45) is 2.62. The van der Waals surface area contributed by atoms with Gasteiger partial charge in [-0.15, -0.1) is 0 Å². The summed E-state index contributed by atoms with van der Waals surface area (Å²) in [5.74, 6) is 0.247. The van der Waals surface area contributed by atoms with Crippen LogP contribution in [0.1, 0.15) is 0 Å². The van der Waals surface area contributed by atoms with Crippen molar-refractivity contribution in [2.75, 3.05) is 7.11 Å². The highest BCUT2D eigenvalue weighted by molar-refractivity contribution is 7.89. The summed E-state index contributed by atoms with van der Waals surface area (Å²) < 4.78 is 33.0. The molecule has 0 fully saturated rings. The van der Waals surface area contributed by atoms with E-state index in [1.165, 1.54) is 19.4 Å². The van der Waals surface area contributed by atoms with E-state index in [4.69, 9.17) is 4.74 Å². The van der Waals surface area contributed by atoms with Crippen LogP contribution in [0.5, 0.6) is 5.75 Å². The minimum Gasteiger partial charge on any atom is -0.495 e. The number of ether oxygens (including phenoxy) is 1. The van der Waals surface area contributed by atoms with Gasteiger partial charge >= 0.3 is 0 Å². The number of sulfonamides is 1. The molecule has 5 nitrogen and oxygen atoms in total. The SMILES string of the molecule is C=C/C(=C\N=C)NS(=O)(=O)c1cc(-c2ccccc2)ccc1OC. The molecule has 0 aliphatic heterocycles. The molecule has 0 spiro atoms. The number of nitrogens with one attached hydrogen (secondary N) is 1. The Morgan fingerprint density at radius 2 is 1.88 bits per heavy atom. The Hall–Kier alpha value is -2.86. The van der Waals surface area contributed by atoms with Crippen LogP contribution in [0.2, 0.25) is 0 Å². The van der Waals surface area contributed by atoms with Gasteiger partial charge in [0, 0.05) is 0 Å². The number of nitrogens with zero attached hydrogens (tertiary/aromatic N) is 1. The first-order valence-electron chi connectivity index (χ1n) is 7.06. The van der Waals surface area contributed by atoms with Crippen molar-refractivity contribution in [1.82, 2.24) is 4.72 Å². The topological polar surface area (TPSA) is 67.8 Å². The molecular formula is C18H18N2O3S. The Balaban J connectivity index is 2.53. The number of rotatable bonds is 7. The second kappa shape index (κ2) is 7.61. The smallest absolute Gasteiger partial charge is 0.265 e. The summed E-state index contributed by atoms with van der Waals surface area (Å²) in [5, 5.41) is 0. The van der Waals surface area contributed by atoms with E-state index in [2.05, 4.69) is 23.0 Å². The maximum atomic E-state index is 12.7. The van der Waals surface area contributed by atoms with Crippen molar-refractivity contribution in [2.24, 2.45) is 4.99 Å². The Morgan fingerprint density at radius 1 is 1.17 bits per heavy atom. The summed E-state index contributed by atoms with van der Waals surface area (Å²) >= 11 is 0. The van der Waals surface area contributed by atoms with E-state index in [9.17, 15) is 8.42 Å². The molecule has 0 aromatic heterocycles. The van der Waals surface area contributed by atoms with Gasteiger partial charge in [-0.05, 0) is 36.1 Å². The monoisotopic (exact) mass is 342 g/mol. The number of methoxy groups -OCH3 is 1. The van der Waals surface area contributed by atoms with Gasteiger partial charge in [-0.3, -0.25) is 9.71 Å². The van der Waals surface area contributed by atoms with Crippen LogP contribution in [0.15, 0.2) is 83.0 Å². The van der Waals surface area contributed by atoms with E-state index in [1.807, 2.05) is 36.4 Å². The molecule has 0 heterocycles. The maximum absolute atomic E-state index is 12.7. The van der Waals surface area contributed by atoms with Gasteiger partial charge in [0.25, 0.3) is 10.0 Å². The van der Waals surface area contributed by atoms with Gasteiger partial charge in [0.05, 0.1) is 19.0 Å². The molecule has 0 unspecified atom stereocenters. The lowest BCUT2D eigenvalue weighted by atomic mass is 10.1. The Labute approximate surface area is 142 Å². The van der Waals surface area contributed by atoms with E-state index in [0.29, 0.717) is 0 Å². The summed E-state index contributed by atoms with van der Waals surface area (Å²) in [4.78, 5) is 3.58. The van der Waals surface area contributed by atoms with E-state index in [1.54, 1.807) is 12.1 Å².